The zero-order valence-corrected chi connectivity index (χ0v) is 16.5. The Hall–Kier alpha value is -2.45. The van der Waals surface area contributed by atoms with Crippen LogP contribution in [-0.2, 0) is 20.9 Å². The molecule has 0 spiro atoms. The van der Waals surface area contributed by atoms with Crippen molar-refractivity contribution in [1.29, 1.82) is 0 Å². The Morgan fingerprint density at radius 3 is 2.68 bits per heavy atom. The van der Waals surface area contributed by atoms with Gasteiger partial charge in [-0.25, -0.2) is 0 Å². The SMILES string of the molecule is CC(C)[C@H](N)C(=O)NCC(=O)NCc1cccc(C(=O)NCC2CCCO2)c1. The van der Waals surface area contributed by atoms with Crippen LogP contribution in [0.4, 0.5) is 0 Å². The molecule has 1 heterocycles. The van der Waals surface area contributed by atoms with E-state index in [2.05, 4.69) is 16.0 Å². The normalized spacial score (nSPS) is 17.2. The van der Waals surface area contributed by atoms with E-state index in [0.717, 1.165) is 25.0 Å². The molecule has 1 aliphatic heterocycles. The molecule has 0 aromatic heterocycles. The van der Waals surface area contributed by atoms with Gasteiger partial charge in [-0.3, -0.25) is 14.4 Å². The highest BCUT2D eigenvalue weighted by atomic mass is 16.5. The molecule has 1 saturated heterocycles. The predicted octanol–water partition coefficient (Wildman–Crippen LogP) is 0.311. The number of ether oxygens (including phenoxy) is 1. The molecule has 2 rings (SSSR count). The van der Waals surface area contributed by atoms with Crippen molar-refractivity contribution in [2.24, 2.45) is 11.7 Å². The number of nitrogens with one attached hydrogen (secondary N) is 3. The van der Waals surface area contributed by atoms with E-state index in [4.69, 9.17) is 10.5 Å². The second-order valence-corrected chi connectivity index (χ2v) is 7.31. The molecule has 1 aromatic rings. The van der Waals surface area contributed by atoms with Crippen molar-refractivity contribution in [3.63, 3.8) is 0 Å². The highest BCUT2D eigenvalue weighted by Crippen LogP contribution is 2.11. The lowest BCUT2D eigenvalue weighted by atomic mass is 10.1. The molecular formula is C20H30N4O4. The Labute approximate surface area is 165 Å². The van der Waals surface area contributed by atoms with Crippen molar-refractivity contribution < 1.29 is 19.1 Å². The number of carbonyl (C=O) groups is 3. The van der Waals surface area contributed by atoms with Gasteiger partial charge in [0.25, 0.3) is 5.91 Å². The number of rotatable bonds is 9. The first kappa shape index (κ1) is 21.8. The molecule has 1 fully saturated rings. The number of hydrogen-bond acceptors (Lipinski definition) is 5. The summed E-state index contributed by atoms with van der Waals surface area (Å²) in [6, 6.07) is 6.41. The first-order chi connectivity index (χ1) is 13.4. The quantitative estimate of drug-likeness (QED) is 0.483. The first-order valence-electron chi connectivity index (χ1n) is 9.65. The van der Waals surface area contributed by atoms with Crippen LogP contribution >= 0.6 is 0 Å². The van der Waals surface area contributed by atoms with Gasteiger partial charge in [-0.05, 0) is 36.5 Å². The van der Waals surface area contributed by atoms with E-state index in [0.29, 0.717) is 12.1 Å². The average molecular weight is 390 g/mol. The Morgan fingerprint density at radius 2 is 2.00 bits per heavy atom. The summed E-state index contributed by atoms with van der Waals surface area (Å²) < 4.78 is 5.50. The van der Waals surface area contributed by atoms with Crippen LogP contribution in [0.2, 0.25) is 0 Å². The molecule has 2 atom stereocenters. The van der Waals surface area contributed by atoms with Crippen LogP contribution in [-0.4, -0.2) is 49.6 Å². The third-order valence-corrected chi connectivity index (χ3v) is 4.64. The highest BCUT2D eigenvalue weighted by Gasteiger charge is 2.18. The second kappa shape index (κ2) is 10.8. The summed E-state index contributed by atoms with van der Waals surface area (Å²) in [6.45, 7) is 5.05. The fraction of sp³-hybridized carbons (Fsp3) is 0.550. The van der Waals surface area contributed by atoms with Gasteiger partial charge in [0.05, 0.1) is 18.7 Å². The fourth-order valence-electron chi connectivity index (χ4n) is 2.79. The Bertz CT molecular complexity index is 687. The van der Waals surface area contributed by atoms with Gasteiger partial charge in [0.2, 0.25) is 11.8 Å². The van der Waals surface area contributed by atoms with Crippen molar-refractivity contribution in [3.8, 4) is 0 Å². The number of amides is 3. The van der Waals surface area contributed by atoms with Crippen LogP contribution < -0.4 is 21.7 Å². The van der Waals surface area contributed by atoms with Crippen LogP contribution in [0, 0.1) is 5.92 Å². The molecule has 8 heteroatoms. The van der Waals surface area contributed by atoms with E-state index in [-0.39, 0.29) is 42.8 Å². The molecule has 8 nitrogen and oxygen atoms in total. The predicted molar refractivity (Wildman–Crippen MR) is 105 cm³/mol. The summed E-state index contributed by atoms with van der Waals surface area (Å²) in [5, 5.41) is 8.11. The standard InChI is InChI=1S/C20H30N4O4/c1-13(2)18(21)20(27)24-12-17(25)22-10-14-5-3-6-15(9-14)19(26)23-11-16-7-4-8-28-16/h3,5-6,9,13,16,18H,4,7-8,10-12,21H2,1-2H3,(H,22,25)(H,23,26)(H,24,27)/t16?,18-/m0/s1. The third-order valence-electron chi connectivity index (χ3n) is 4.64. The first-order valence-corrected chi connectivity index (χ1v) is 9.65. The maximum absolute atomic E-state index is 12.3. The smallest absolute Gasteiger partial charge is 0.251 e. The molecule has 0 saturated carbocycles. The molecule has 3 amide bonds. The molecule has 28 heavy (non-hydrogen) atoms. The zero-order chi connectivity index (χ0) is 20.5. The zero-order valence-electron chi connectivity index (χ0n) is 16.5. The third kappa shape index (κ3) is 6.94. The summed E-state index contributed by atoms with van der Waals surface area (Å²) in [5.74, 6) is -0.844. The van der Waals surface area contributed by atoms with E-state index >= 15 is 0 Å². The van der Waals surface area contributed by atoms with E-state index in [1.54, 1.807) is 18.2 Å². The van der Waals surface area contributed by atoms with Gasteiger partial charge >= 0.3 is 0 Å². The van der Waals surface area contributed by atoms with Gasteiger partial charge in [0.15, 0.2) is 0 Å². The summed E-state index contributed by atoms with van der Waals surface area (Å²) in [4.78, 5) is 36.0. The molecule has 154 valence electrons. The van der Waals surface area contributed by atoms with Crippen LogP contribution in [0.3, 0.4) is 0 Å². The molecule has 1 aromatic carbocycles. The minimum atomic E-state index is -0.641. The topological polar surface area (TPSA) is 123 Å². The van der Waals surface area contributed by atoms with Crippen molar-refractivity contribution >= 4 is 17.7 Å². The lowest BCUT2D eigenvalue weighted by molar-refractivity contribution is -0.127. The molecule has 0 aliphatic carbocycles. The minimum Gasteiger partial charge on any atom is -0.376 e. The summed E-state index contributed by atoms with van der Waals surface area (Å²) >= 11 is 0. The van der Waals surface area contributed by atoms with Crippen molar-refractivity contribution in [2.45, 2.75) is 45.4 Å². The molecule has 1 unspecified atom stereocenters. The number of benzene rings is 1. The summed E-state index contributed by atoms with van der Waals surface area (Å²) in [5.41, 5.74) is 7.05. The Balaban J connectivity index is 1.76. The fourth-order valence-corrected chi connectivity index (χ4v) is 2.79. The van der Waals surface area contributed by atoms with Crippen LogP contribution in [0.15, 0.2) is 24.3 Å². The van der Waals surface area contributed by atoms with Crippen LogP contribution in [0.5, 0.6) is 0 Å². The molecule has 0 radical (unpaired) electrons. The number of hydrogen-bond donors (Lipinski definition) is 4. The van der Waals surface area contributed by atoms with Crippen LogP contribution in [0.1, 0.15) is 42.6 Å². The Kier molecular flexibility index (Phi) is 8.41. The van der Waals surface area contributed by atoms with Gasteiger partial charge in [-0.15, -0.1) is 0 Å². The van der Waals surface area contributed by atoms with Crippen molar-refractivity contribution in [1.82, 2.24) is 16.0 Å². The maximum atomic E-state index is 12.3. The lowest BCUT2D eigenvalue weighted by Gasteiger charge is -2.15. The van der Waals surface area contributed by atoms with Gasteiger partial charge < -0.3 is 26.4 Å². The van der Waals surface area contributed by atoms with Gasteiger partial charge in [0.1, 0.15) is 0 Å². The van der Waals surface area contributed by atoms with E-state index in [1.165, 1.54) is 0 Å². The highest BCUT2D eigenvalue weighted by molar-refractivity contribution is 5.94. The van der Waals surface area contributed by atoms with Gasteiger partial charge in [0, 0.05) is 25.3 Å². The molecular weight excluding hydrogens is 360 g/mol. The summed E-state index contributed by atoms with van der Waals surface area (Å²) in [7, 11) is 0. The molecule has 5 N–H and O–H groups in total. The van der Waals surface area contributed by atoms with Gasteiger partial charge in [-0.1, -0.05) is 26.0 Å². The van der Waals surface area contributed by atoms with E-state index in [9.17, 15) is 14.4 Å². The summed E-state index contributed by atoms with van der Waals surface area (Å²) in [6.07, 6.45) is 2.08. The molecule has 0 bridgehead atoms. The monoisotopic (exact) mass is 390 g/mol. The van der Waals surface area contributed by atoms with Crippen molar-refractivity contribution in [2.75, 3.05) is 19.7 Å². The van der Waals surface area contributed by atoms with Crippen molar-refractivity contribution in [3.05, 3.63) is 35.4 Å². The largest absolute Gasteiger partial charge is 0.376 e. The van der Waals surface area contributed by atoms with Gasteiger partial charge in [-0.2, -0.15) is 0 Å². The second-order valence-electron chi connectivity index (χ2n) is 7.31. The molecule has 1 aliphatic rings. The minimum absolute atomic E-state index is 0.00261. The Morgan fingerprint density at radius 1 is 1.21 bits per heavy atom. The lowest BCUT2D eigenvalue weighted by Crippen LogP contribution is -2.47. The average Bonchev–Trinajstić information content (AvgIpc) is 3.21. The van der Waals surface area contributed by atoms with Crippen LogP contribution in [0.25, 0.3) is 0 Å². The maximum Gasteiger partial charge on any atom is 0.251 e. The number of carbonyl (C=O) groups excluding carboxylic acids is 3. The van der Waals surface area contributed by atoms with E-state index < -0.39 is 6.04 Å². The number of nitrogens with two attached hydrogens (primary N) is 1. The van der Waals surface area contributed by atoms with E-state index in [1.807, 2.05) is 19.9 Å².